The third-order valence-corrected chi connectivity index (χ3v) is 3.31. The largest absolute Gasteiger partial charge is 0.465 e. The van der Waals surface area contributed by atoms with Crippen LogP contribution in [0.3, 0.4) is 0 Å². The van der Waals surface area contributed by atoms with E-state index in [2.05, 4.69) is 6.92 Å². The van der Waals surface area contributed by atoms with E-state index < -0.39 is 11.0 Å². The Bertz CT molecular complexity index is 208. The monoisotopic (exact) mass is 215 g/mol. The summed E-state index contributed by atoms with van der Waals surface area (Å²) in [6.45, 7) is 10.2. The fourth-order valence-corrected chi connectivity index (χ4v) is 1.33. The van der Waals surface area contributed by atoms with Gasteiger partial charge < -0.3 is 10.5 Å². The quantitative estimate of drug-likeness (QED) is 0.547. The number of carbonyl (C=O) groups is 1. The van der Waals surface area contributed by atoms with Crippen LogP contribution < -0.4 is 5.73 Å². The molecule has 0 rings (SSSR count). The highest BCUT2D eigenvalue weighted by atomic mass is 16.5. The molecule has 3 nitrogen and oxygen atoms in total. The standard InChI is InChI=1S/C12H25NO2/c1-6-8-9-15-10(14)12(5,7-2)11(3,4)13/h6-9,13H2,1-5H3. The lowest BCUT2D eigenvalue weighted by Gasteiger charge is -2.38. The lowest BCUT2D eigenvalue weighted by molar-refractivity contribution is -0.159. The van der Waals surface area contributed by atoms with Gasteiger partial charge in [0.2, 0.25) is 0 Å². The molecule has 90 valence electrons. The van der Waals surface area contributed by atoms with Gasteiger partial charge in [-0.3, -0.25) is 4.79 Å². The summed E-state index contributed by atoms with van der Waals surface area (Å²) in [7, 11) is 0. The van der Waals surface area contributed by atoms with Crippen molar-refractivity contribution < 1.29 is 9.53 Å². The zero-order valence-electron chi connectivity index (χ0n) is 10.7. The molecule has 0 heterocycles. The summed E-state index contributed by atoms with van der Waals surface area (Å²) in [5.74, 6) is -0.175. The number of carbonyl (C=O) groups excluding carboxylic acids is 1. The first-order valence-corrected chi connectivity index (χ1v) is 5.75. The molecule has 1 unspecified atom stereocenters. The number of esters is 1. The molecule has 0 aliphatic carbocycles. The minimum atomic E-state index is -0.596. The first-order valence-electron chi connectivity index (χ1n) is 5.75. The van der Waals surface area contributed by atoms with E-state index in [9.17, 15) is 4.79 Å². The Morgan fingerprint density at radius 2 is 1.80 bits per heavy atom. The maximum Gasteiger partial charge on any atom is 0.313 e. The van der Waals surface area contributed by atoms with Gasteiger partial charge in [0.25, 0.3) is 0 Å². The van der Waals surface area contributed by atoms with Crippen molar-refractivity contribution in [3.8, 4) is 0 Å². The number of rotatable bonds is 6. The third-order valence-electron chi connectivity index (χ3n) is 3.31. The van der Waals surface area contributed by atoms with Gasteiger partial charge in [-0.15, -0.1) is 0 Å². The molecule has 0 spiro atoms. The second-order valence-corrected chi connectivity index (χ2v) is 4.90. The molecular formula is C12H25NO2. The van der Waals surface area contributed by atoms with E-state index in [0.717, 1.165) is 12.8 Å². The lowest BCUT2D eigenvalue weighted by atomic mass is 9.71. The summed E-state index contributed by atoms with van der Waals surface area (Å²) in [6.07, 6.45) is 2.64. The Hall–Kier alpha value is -0.570. The molecule has 0 aromatic rings. The molecule has 0 aromatic carbocycles. The van der Waals surface area contributed by atoms with Crippen LogP contribution in [0.25, 0.3) is 0 Å². The van der Waals surface area contributed by atoms with Gasteiger partial charge >= 0.3 is 5.97 Å². The van der Waals surface area contributed by atoms with Gasteiger partial charge in [-0.2, -0.15) is 0 Å². The summed E-state index contributed by atoms with van der Waals surface area (Å²) in [4.78, 5) is 11.9. The normalized spacial score (nSPS) is 15.9. The van der Waals surface area contributed by atoms with Crippen LogP contribution in [0.1, 0.15) is 53.9 Å². The van der Waals surface area contributed by atoms with Crippen LogP contribution in [0.15, 0.2) is 0 Å². The van der Waals surface area contributed by atoms with E-state index in [-0.39, 0.29) is 5.97 Å². The predicted octanol–water partition coefficient (Wildman–Crippen LogP) is 2.48. The van der Waals surface area contributed by atoms with Crippen molar-refractivity contribution >= 4 is 5.97 Å². The highest BCUT2D eigenvalue weighted by molar-refractivity contribution is 5.78. The summed E-state index contributed by atoms with van der Waals surface area (Å²) in [5.41, 5.74) is 4.88. The predicted molar refractivity (Wildman–Crippen MR) is 62.5 cm³/mol. The van der Waals surface area contributed by atoms with Gasteiger partial charge in [-0.25, -0.2) is 0 Å². The summed E-state index contributed by atoms with van der Waals surface area (Å²) in [5, 5.41) is 0. The highest BCUT2D eigenvalue weighted by Crippen LogP contribution is 2.34. The average Bonchev–Trinajstić information content (AvgIpc) is 2.15. The second kappa shape index (κ2) is 5.50. The van der Waals surface area contributed by atoms with Gasteiger partial charge in [0, 0.05) is 5.54 Å². The summed E-state index contributed by atoms with van der Waals surface area (Å²) < 4.78 is 5.25. The van der Waals surface area contributed by atoms with Crippen molar-refractivity contribution in [2.45, 2.75) is 59.4 Å². The Kier molecular flexibility index (Phi) is 5.29. The molecule has 15 heavy (non-hydrogen) atoms. The van der Waals surface area contributed by atoms with Crippen LogP contribution in [0.2, 0.25) is 0 Å². The minimum absolute atomic E-state index is 0.175. The van der Waals surface area contributed by atoms with E-state index >= 15 is 0 Å². The molecule has 0 aromatic heterocycles. The molecule has 0 amide bonds. The highest BCUT2D eigenvalue weighted by Gasteiger charge is 2.44. The average molecular weight is 215 g/mol. The molecule has 1 atom stereocenters. The molecule has 0 saturated carbocycles. The summed E-state index contributed by atoms with van der Waals surface area (Å²) >= 11 is 0. The number of nitrogens with two attached hydrogens (primary N) is 1. The minimum Gasteiger partial charge on any atom is -0.465 e. The van der Waals surface area contributed by atoms with Crippen molar-refractivity contribution in [2.75, 3.05) is 6.61 Å². The van der Waals surface area contributed by atoms with Gasteiger partial charge in [0.1, 0.15) is 0 Å². The molecule has 3 heteroatoms. The lowest BCUT2D eigenvalue weighted by Crippen LogP contribution is -2.54. The van der Waals surface area contributed by atoms with E-state index in [1.54, 1.807) is 0 Å². The first kappa shape index (κ1) is 14.4. The van der Waals surface area contributed by atoms with E-state index in [1.165, 1.54) is 0 Å². The fourth-order valence-electron chi connectivity index (χ4n) is 1.33. The molecule has 0 saturated heterocycles. The molecular weight excluding hydrogens is 190 g/mol. The zero-order valence-corrected chi connectivity index (χ0v) is 10.7. The maximum atomic E-state index is 11.9. The number of unbranched alkanes of at least 4 members (excludes halogenated alkanes) is 1. The van der Waals surface area contributed by atoms with Crippen molar-refractivity contribution in [1.82, 2.24) is 0 Å². The molecule has 0 aliphatic rings. The maximum absolute atomic E-state index is 11.9. The Morgan fingerprint density at radius 1 is 1.27 bits per heavy atom. The van der Waals surface area contributed by atoms with Crippen molar-refractivity contribution in [3.63, 3.8) is 0 Å². The summed E-state index contributed by atoms with van der Waals surface area (Å²) in [6, 6.07) is 0. The van der Waals surface area contributed by atoms with Gasteiger partial charge in [0.15, 0.2) is 0 Å². The fraction of sp³-hybridized carbons (Fsp3) is 0.917. The second-order valence-electron chi connectivity index (χ2n) is 4.90. The van der Waals surface area contributed by atoms with Crippen molar-refractivity contribution in [1.29, 1.82) is 0 Å². The van der Waals surface area contributed by atoms with Crippen LogP contribution in [-0.4, -0.2) is 18.1 Å². The Balaban J connectivity index is 4.46. The SMILES string of the molecule is CCCCOC(=O)C(C)(CC)C(C)(C)N. The van der Waals surface area contributed by atoms with Crippen molar-refractivity contribution in [2.24, 2.45) is 11.1 Å². The molecule has 0 bridgehead atoms. The molecule has 0 aliphatic heterocycles. The Morgan fingerprint density at radius 3 is 2.13 bits per heavy atom. The smallest absolute Gasteiger partial charge is 0.313 e. The van der Waals surface area contributed by atoms with Crippen molar-refractivity contribution in [3.05, 3.63) is 0 Å². The van der Waals surface area contributed by atoms with E-state index in [4.69, 9.17) is 10.5 Å². The van der Waals surface area contributed by atoms with Crippen LogP contribution >= 0.6 is 0 Å². The van der Waals surface area contributed by atoms with Gasteiger partial charge in [-0.1, -0.05) is 20.3 Å². The Labute approximate surface area is 93.4 Å². The van der Waals surface area contributed by atoms with Crippen LogP contribution in [-0.2, 0) is 9.53 Å². The van der Waals surface area contributed by atoms with Crippen LogP contribution in [0.4, 0.5) is 0 Å². The van der Waals surface area contributed by atoms with E-state index in [0.29, 0.717) is 13.0 Å². The molecule has 2 N–H and O–H groups in total. The van der Waals surface area contributed by atoms with Gasteiger partial charge in [-0.05, 0) is 33.6 Å². The third kappa shape index (κ3) is 3.49. The van der Waals surface area contributed by atoms with E-state index in [1.807, 2.05) is 27.7 Å². The molecule has 0 radical (unpaired) electrons. The van der Waals surface area contributed by atoms with Crippen LogP contribution in [0, 0.1) is 5.41 Å². The van der Waals surface area contributed by atoms with Crippen LogP contribution in [0.5, 0.6) is 0 Å². The topological polar surface area (TPSA) is 52.3 Å². The zero-order chi connectivity index (χ0) is 12.1. The number of ether oxygens (including phenoxy) is 1. The number of hydrogen-bond donors (Lipinski definition) is 1. The molecule has 0 fully saturated rings. The first-order chi connectivity index (χ1) is 6.79. The number of hydrogen-bond acceptors (Lipinski definition) is 3. The van der Waals surface area contributed by atoms with Gasteiger partial charge in [0.05, 0.1) is 12.0 Å².